The molecule has 0 radical (unpaired) electrons. The van der Waals surface area contributed by atoms with Crippen molar-refractivity contribution in [1.29, 1.82) is 0 Å². The second kappa shape index (κ2) is 7.84. The molecule has 1 atom stereocenters. The molecule has 1 aromatic heterocycles. The van der Waals surface area contributed by atoms with Crippen LogP contribution in [0.25, 0.3) is 0 Å². The van der Waals surface area contributed by atoms with Gasteiger partial charge in [-0.2, -0.15) is 0 Å². The van der Waals surface area contributed by atoms with Crippen LogP contribution in [-0.2, 0) is 11.3 Å². The summed E-state index contributed by atoms with van der Waals surface area (Å²) in [6.07, 6.45) is 0. The molecule has 2 N–H and O–H groups in total. The molecule has 0 unspecified atom stereocenters. The van der Waals surface area contributed by atoms with Gasteiger partial charge in [0.05, 0.1) is 0 Å². The zero-order chi connectivity index (χ0) is 20.4. The fourth-order valence-electron chi connectivity index (χ4n) is 3.33. The lowest BCUT2D eigenvalue weighted by Crippen LogP contribution is -2.37. The average Bonchev–Trinajstić information content (AvgIpc) is 3.34. The molecule has 1 aliphatic rings. The first-order valence-electron chi connectivity index (χ1n) is 9.01. The lowest BCUT2D eigenvalue weighted by molar-refractivity contribution is -0.120. The molecule has 3 amide bonds. The number of nitrogens with one attached hydrogen (secondary N) is 2. The lowest BCUT2D eigenvalue weighted by Gasteiger charge is -2.27. The Kier molecular flexibility index (Phi) is 5.09. The maximum atomic E-state index is 13.2. The van der Waals surface area contributed by atoms with E-state index in [0.29, 0.717) is 22.8 Å². The van der Waals surface area contributed by atoms with E-state index in [-0.39, 0.29) is 23.4 Å². The highest BCUT2D eigenvalue weighted by atomic mass is 32.1. The van der Waals surface area contributed by atoms with Gasteiger partial charge >= 0.3 is 0 Å². The van der Waals surface area contributed by atoms with Crippen molar-refractivity contribution in [3.05, 3.63) is 82.4 Å². The second-order valence-electron chi connectivity index (χ2n) is 6.51. The van der Waals surface area contributed by atoms with E-state index in [9.17, 15) is 14.4 Å². The summed E-state index contributed by atoms with van der Waals surface area (Å²) in [5, 5.41) is 7.13. The summed E-state index contributed by atoms with van der Waals surface area (Å²) >= 11 is 1.16. The zero-order valence-electron chi connectivity index (χ0n) is 15.6. The van der Waals surface area contributed by atoms with E-state index in [1.54, 1.807) is 16.3 Å². The van der Waals surface area contributed by atoms with Crippen LogP contribution in [0.5, 0.6) is 0 Å². The van der Waals surface area contributed by atoms with Crippen LogP contribution in [0.1, 0.15) is 38.0 Å². The van der Waals surface area contributed by atoms with Crippen molar-refractivity contribution in [2.45, 2.75) is 12.6 Å². The number of fused-ring (bicyclic) bond motifs is 1. The molecule has 0 fully saturated rings. The van der Waals surface area contributed by atoms with Crippen LogP contribution in [0.3, 0.4) is 0 Å². The summed E-state index contributed by atoms with van der Waals surface area (Å²) in [5.74, 6) is -0.892. The van der Waals surface area contributed by atoms with Gasteiger partial charge in [0.15, 0.2) is 5.13 Å². The van der Waals surface area contributed by atoms with Gasteiger partial charge in [0.1, 0.15) is 11.7 Å². The van der Waals surface area contributed by atoms with E-state index in [1.165, 1.54) is 7.05 Å². The Hall–Kier alpha value is -3.52. The molecule has 0 spiro atoms. The van der Waals surface area contributed by atoms with Crippen LogP contribution in [0.4, 0.5) is 5.13 Å². The normalized spacial score (nSPS) is 13.7. The van der Waals surface area contributed by atoms with Gasteiger partial charge in [0.25, 0.3) is 17.7 Å². The standard InChI is InChI=1S/C21H18N4O3S/c1-22-18(26)16-12-29-21(23-16)24-19(27)17(13-7-3-2-4-8-13)25-11-14-9-5-6-10-15(14)20(25)28/h2-10,12,17H,11H2,1H3,(H,22,26)(H,23,24,27)/t17-/m0/s1. The number of aromatic nitrogens is 1. The summed E-state index contributed by atoms with van der Waals surface area (Å²) in [5.41, 5.74) is 2.43. The van der Waals surface area contributed by atoms with Crippen LogP contribution >= 0.6 is 11.3 Å². The molecule has 2 heterocycles. The van der Waals surface area contributed by atoms with Gasteiger partial charge in [0.2, 0.25) is 0 Å². The molecule has 0 saturated heterocycles. The fraction of sp³-hybridized carbons (Fsp3) is 0.143. The Morgan fingerprint density at radius 1 is 1.10 bits per heavy atom. The monoisotopic (exact) mass is 406 g/mol. The smallest absolute Gasteiger partial charge is 0.270 e. The summed E-state index contributed by atoms with van der Waals surface area (Å²) in [6.45, 7) is 0.351. The molecule has 0 saturated carbocycles. The number of amides is 3. The zero-order valence-corrected chi connectivity index (χ0v) is 16.4. The Morgan fingerprint density at radius 2 is 1.83 bits per heavy atom. The van der Waals surface area contributed by atoms with Gasteiger partial charge in [-0.1, -0.05) is 48.5 Å². The molecule has 4 rings (SSSR count). The van der Waals surface area contributed by atoms with E-state index in [2.05, 4.69) is 15.6 Å². The number of carbonyl (C=O) groups excluding carboxylic acids is 3. The Balaban J connectivity index is 1.64. The molecule has 1 aliphatic heterocycles. The van der Waals surface area contributed by atoms with Crippen LogP contribution < -0.4 is 10.6 Å². The van der Waals surface area contributed by atoms with Gasteiger partial charge in [-0.15, -0.1) is 11.3 Å². The molecule has 3 aromatic rings. The molecule has 29 heavy (non-hydrogen) atoms. The average molecular weight is 406 g/mol. The third-order valence-corrected chi connectivity index (χ3v) is 5.48. The van der Waals surface area contributed by atoms with Crippen molar-refractivity contribution >= 4 is 34.2 Å². The topological polar surface area (TPSA) is 91.4 Å². The number of carbonyl (C=O) groups is 3. The number of hydrogen-bond donors (Lipinski definition) is 2. The molecule has 146 valence electrons. The molecule has 2 aromatic carbocycles. The molecule has 0 aliphatic carbocycles. The molecule has 8 heteroatoms. The van der Waals surface area contributed by atoms with Crippen LogP contribution in [-0.4, -0.2) is 34.7 Å². The van der Waals surface area contributed by atoms with Gasteiger partial charge in [-0.25, -0.2) is 4.98 Å². The first-order chi connectivity index (χ1) is 14.1. The van der Waals surface area contributed by atoms with E-state index in [4.69, 9.17) is 0 Å². The second-order valence-corrected chi connectivity index (χ2v) is 7.37. The SMILES string of the molecule is CNC(=O)c1csc(NC(=O)[C@H](c2ccccc2)N2Cc3ccccc3C2=O)n1. The van der Waals surface area contributed by atoms with E-state index >= 15 is 0 Å². The van der Waals surface area contributed by atoms with E-state index < -0.39 is 6.04 Å². The van der Waals surface area contributed by atoms with Crippen LogP contribution in [0.15, 0.2) is 60.0 Å². The summed E-state index contributed by atoms with van der Waals surface area (Å²) in [4.78, 5) is 43.6. The predicted octanol–water partition coefficient (Wildman–Crippen LogP) is 2.84. The fourth-order valence-corrected chi connectivity index (χ4v) is 4.02. The number of thiazole rings is 1. The molecule has 0 bridgehead atoms. The summed E-state index contributed by atoms with van der Waals surface area (Å²) < 4.78 is 0. The van der Waals surface area contributed by atoms with Gasteiger partial charge in [-0.05, 0) is 17.2 Å². The Labute approximate surface area is 171 Å². The maximum Gasteiger partial charge on any atom is 0.270 e. The quantitative estimate of drug-likeness (QED) is 0.682. The maximum absolute atomic E-state index is 13.2. The molecular weight excluding hydrogens is 388 g/mol. The van der Waals surface area contributed by atoms with Crippen molar-refractivity contribution in [3.8, 4) is 0 Å². The molecular formula is C21H18N4O3S. The minimum absolute atomic E-state index is 0.185. The van der Waals surface area contributed by atoms with Gasteiger partial charge < -0.3 is 10.2 Å². The van der Waals surface area contributed by atoms with Crippen molar-refractivity contribution < 1.29 is 14.4 Å². The third-order valence-electron chi connectivity index (χ3n) is 4.72. The summed E-state index contributed by atoms with van der Waals surface area (Å²) in [7, 11) is 1.52. The van der Waals surface area contributed by atoms with Crippen molar-refractivity contribution in [3.63, 3.8) is 0 Å². The number of anilines is 1. The van der Waals surface area contributed by atoms with Crippen molar-refractivity contribution in [2.24, 2.45) is 0 Å². The highest BCUT2D eigenvalue weighted by Crippen LogP contribution is 2.32. The third kappa shape index (κ3) is 3.62. The largest absolute Gasteiger partial charge is 0.354 e. The summed E-state index contributed by atoms with van der Waals surface area (Å²) in [6, 6.07) is 15.7. The number of nitrogens with zero attached hydrogens (tertiary/aromatic N) is 2. The van der Waals surface area contributed by atoms with Gasteiger partial charge in [-0.3, -0.25) is 19.7 Å². The number of rotatable bonds is 5. The first-order valence-corrected chi connectivity index (χ1v) is 9.88. The van der Waals surface area contributed by atoms with Crippen molar-refractivity contribution in [1.82, 2.24) is 15.2 Å². The van der Waals surface area contributed by atoms with E-state index in [1.807, 2.05) is 48.5 Å². The minimum atomic E-state index is -0.816. The van der Waals surface area contributed by atoms with Crippen LogP contribution in [0.2, 0.25) is 0 Å². The van der Waals surface area contributed by atoms with Gasteiger partial charge in [0, 0.05) is 24.5 Å². The first kappa shape index (κ1) is 18.8. The lowest BCUT2D eigenvalue weighted by atomic mass is 10.0. The number of hydrogen-bond acceptors (Lipinski definition) is 5. The Bertz CT molecular complexity index is 1080. The van der Waals surface area contributed by atoms with E-state index in [0.717, 1.165) is 16.9 Å². The Morgan fingerprint density at radius 3 is 2.55 bits per heavy atom. The number of benzene rings is 2. The predicted molar refractivity (Wildman–Crippen MR) is 110 cm³/mol. The highest BCUT2D eigenvalue weighted by Gasteiger charge is 2.37. The van der Waals surface area contributed by atoms with Crippen LogP contribution in [0, 0.1) is 0 Å². The van der Waals surface area contributed by atoms with Crippen molar-refractivity contribution in [2.75, 3.05) is 12.4 Å². The minimum Gasteiger partial charge on any atom is -0.354 e. The molecule has 7 nitrogen and oxygen atoms in total. The highest BCUT2D eigenvalue weighted by molar-refractivity contribution is 7.14.